The van der Waals surface area contributed by atoms with Gasteiger partial charge < -0.3 is 10.1 Å². The Morgan fingerprint density at radius 3 is 2.67 bits per heavy atom. The van der Waals surface area contributed by atoms with Crippen molar-refractivity contribution in [2.45, 2.75) is 17.7 Å². The molecule has 1 heterocycles. The summed E-state index contributed by atoms with van der Waals surface area (Å²) in [6.07, 6.45) is 1.27. The quantitative estimate of drug-likeness (QED) is 0.830. The summed E-state index contributed by atoms with van der Waals surface area (Å²) < 4.78 is 29.9. The summed E-state index contributed by atoms with van der Waals surface area (Å²) in [7, 11) is -2.09. The molecule has 1 N–H and O–H groups in total. The van der Waals surface area contributed by atoms with Gasteiger partial charge >= 0.3 is 0 Å². The van der Waals surface area contributed by atoms with Crippen LogP contribution in [0.3, 0.4) is 0 Å². The lowest BCUT2D eigenvalue weighted by Crippen LogP contribution is -2.27. The number of ether oxygens (including phenoxy) is 1. The molecule has 1 fully saturated rings. The SMILES string of the molecule is COc1cccc2c1S(=O)(=O)CC1(CC1)C(=O)N2. The Labute approximate surface area is 105 Å². The van der Waals surface area contributed by atoms with E-state index in [0.29, 0.717) is 18.5 Å². The van der Waals surface area contributed by atoms with Crippen LogP contribution in [0.2, 0.25) is 0 Å². The van der Waals surface area contributed by atoms with Gasteiger partial charge in [-0.15, -0.1) is 0 Å². The van der Waals surface area contributed by atoms with E-state index in [2.05, 4.69) is 5.32 Å². The number of anilines is 1. The number of rotatable bonds is 1. The number of hydrogen-bond acceptors (Lipinski definition) is 4. The third kappa shape index (κ3) is 1.52. The zero-order chi connectivity index (χ0) is 13.0. The van der Waals surface area contributed by atoms with E-state index >= 15 is 0 Å². The third-order valence-corrected chi connectivity index (χ3v) is 5.54. The molecule has 6 heteroatoms. The minimum absolute atomic E-state index is 0.102. The number of amides is 1. The van der Waals surface area contributed by atoms with E-state index in [1.165, 1.54) is 7.11 Å². The van der Waals surface area contributed by atoms with Crippen LogP contribution in [0.1, 0.15) is 12.8 Å². The van der Waals surface area contributed by atoms with Crippen LogP contribution in [0.25, 0.3) is 0 Å². The van der Waals surface area contributed by atoms with Crippen LogP contribution < -0.4 is 10.1 Å². The largest absolute Gasteiger partial charge is 0.495 e. The number of carbonyl (C=O) groups excluding carboxylic acids is 1. The summed E-state index contributed by atoms with van der Waals surface area (Å²) in [5.74, 6) is -0.0391. The Hall–Kier alpha value is -1.56. The second kappa shape index (κ2) is 3.47. The van der Waals surface area contributed by atoms with Crippen LogP contribution in [0.15, 0.2) is 23.1 Å². The van der Waals surface area contributed by atoms with Crippen molar-refractivity contribution in [2.24, 2.45) is 5.41 Å². The number of hydrogen-bond donors (Lipinski definition) is 1. The summed E-state index contributed by atoms with van der Waals surface area (Å²) in [6.45, 7) is 0. The molecule has 96 valence electrons. The lowest BCUT2D eigenvalue weighted by Gasteiger charge is -2.10. The van der Waals surface area contributed by atoms with Crippen molar-refractivity contribution in [3.63, 3.8) is 0 Å². The van der Waals surface area contributed by atoms with E-state index in [1.807, 2.05) is 0 Å². The van der Waals surface area contributed by atoms with E-state index < -0.39 is 15.3 Å². The summed E-state index contributed by atoms with van der Waals surface area (Å²) in [5, 5.41) is 2.71. The van der Waals surface area contributed by atoms with Gasteiger partial charge in [-0.2, -0.15) is 0 Å². The molecule has 1 aliphatic heterocycles. The van der Waals surface area contributed by atoms with Crippen molar-refractivity contribution < 1.29 is 17.9 Å². The third-order valence-electron chi connectivity index (χ3n) is 3.56. The van der Waals surface area contributed by atoms with Crippen LogP contribution in [-0.2, 0) is 14.6 Å². The zero-order valence-corrected chi connectivity index (χ0v) is 10.7. The smallest absolute Gasteiger partial charge is 0.231 e. The van der Waals surface area contributed by atoms with Crippen LogP contribution >= 0.6 is 0 Å². The highest BCUT2D eigenvalue weighted by Crippen LogP contribution is 2.51. The second-order valence-corrected chi connectivity index (χ2v) is 6.76. The fourth-order valence-corrected chi connectivity index (χ4v) is 4.58. The summed E-state index contributed by atoms with van der Waals surface area (Å²) >= 11 is 0. The number of methoxy groups -OCH3 is 1. The molecule has 0 atom stereocenters. The van der Waals surface area contributed by atoms with Crippen LogP contribution in [-0.4, -0.2) is 27.2 Å². The molecule has 0 radical (unpaired) electrons. The molecule has 0 saturated heterocycles. The van der Waals surface area contributed by atoms with Crippen LogP contribution in [0, 0.1) is 5.41 Å². The first kappa shape index (κ1) is 11.5. The molecule has 2 aliphatic rings. The van der Waals surface area contributed by atoms with Gasteiger partial charge in [0.15, 0.2) is 9.84 Å². The molecule has 0 aromatic heterocycles. The molecule has 1 spiro atoms. The van der Waals surface area contributed by atoms with Gasteiger partial charge in [0.2, 0.25) is 5.91 Å². The highest BCUT2D eigenvalue weighted by atomic mass is 32.2. The topological polar surface area (TPSA) is 72.5 Å². The van der Waals surface area contributed by atoms with Gasteiger partial charge in [0.25, 0.3) is 0 Å². The normalized spacial score (nSPS) is 22.8. The molecule has 1 aliphatic carbocycles. The Morgan fingerprint density at radius 1 is 1.33 bits per heavy atom. The molecule has 1 aromatic carbocycles. The van der Waals surface area contributed by atoms with E-state index in [1.54, 1.807) is 18.2 Å². The molecule has 3 rings (SSSR count). The van der Waals surface area contributed by atoms with E-state index in [9.17, 15) is 13.2 Å². The van der Waals surface area contributed by atoms with Crippen molar-refractivity contribution in [1.29, 1.82) is 0 Å². The van der Waals surface area contributed by atoms with Crippen LogP contribution in [0.4, 0.5) is 5.69 Å². The lowest BCUT2D eigenvalue weighted by atomic mass is 10.1. The highest BCUT2D eigenvalue weighted by molar-refractivity contribution is 7.91. The van der Waals surface area contributed by atoms with Crippen molar-refractivity contribution >= 4 is 21.4 Å². The highest BCUT2D eigenvalue weighted by Gasteiger charge is 2.55. The monoisotopic (exact) mass is 267 g/mol. The first-order chi connectivity index (χ1) is 8.48. The lowest BCUT2D eigenvalue weighted by molar-refractivity contribution is -0.120. The number of benzene rings is 1. The van der Waals surface area contributed by atoms with Gasteiger partial charge in [-0.05, 0) is 25.0 Å². The second-order valence-electron chi connectivity index (χ2n) is 4.83. The fraction of sp³-hybridized carbons (Fsp3) is 0.417. The average Bonchev–Trinajstić information content (AvgIpc) is 3.08. The Bertz CT molecular complexity index is 631. The summed E-state index contributed by atoms with van der Waals surface area (Å²) in [4.78, 5) is 12.1. The van der Waals surface area contributed by atoms with Gasteiger partial charge in [-0.1, -0.05) is 6.07 Å². The van der Waals surface area contributed by atoms with Gasteiger partial charge in [0.05, 0.1) is 24.0 Å². The van der Waals surface area contributed by atoms with Crippen LogP contribution in [0.5, 0.6) is 5.75 Å². The maximum absolute atomic E-state index is 12.4. The average molecular weight is 267 g/mol. The number of fused-ring (bicyclic) bond motifs is 1. The van der Waals surface area contributed by atoms with E-state index in [-0.39, 0.29) is 22.3 Å². The Morgan fingerprint density at radius 2 is 2.06 bits per heavy atom. The zero-order valence-electron chi connectivity index (χ0n) is 9.89. The molecular formula is C12H13NO4S. The maximum Gasteiger partial charge on any atom is 0.231 e. The predicted octanol–water partition coefficient (Wildman–Crippen LogP) is 1.20. The number of sulfone groups is 1. The van der Waals surface area contributed by atoms with E-state index in [4.69, 9.17) is 4.74 Å². The Kier molecular flexibility index (Phi) is 2.22. The van der Waals surface area contributed by atoms with Gasteiger partial charge in [0.1, 0.15) is 10.6 Å². The van der Waals surface area contributed by atoms with E-state index in [0.717, 1.165) is 0 Å². The molecule has 1 amide bonds. The number of carbonyl (C=O) groups is 1. The van der Waals surface area contributed by atoms with Crippen molar-refractivity contribution in [3.8, 4) is 5.75 Å². The first-order valence-electron chi connectivity index (χ1n) is 5.70. The molecule has 1 aromatic rings. The molecule has 18 heavy (non-hydrogen) atoms. The standard InChI is InChI=1S/C12H13NO4S/c1-17-9-4-2-3-8-10(9)18(15,16)7-12(5-6-12)11(14)13-8/h2-4H,5-7H2,1H3,(H,13,14). The minimum Gasteiger partial charge on any atom is -0.495 e. The molecule has 0 unspecified atom stereocenters. The maximum atomic E-state index is 12.4. The first-order valence-corrected chi connectivity index (χ1v) is 7.35. The van der Waals surface area contributed by atoms with Crippen molar-refractivity contribution in [1.82, 2.24) is 0 Å². The van der Waals surface area contributed by atoms with Gasteiger partial charge in [0, 0.05) is 0 Å². The predicted molar refractivity (Wildman–Crippen MR) is 65.3 cm³/mol. The van der Waals surface area contributed by atoms with Gasteiger partial charge in [-0.3, -0.25) is 4.79 Å². The fourth-order valence-electron chi connectivity index (χ4n) is 2.37. The minimum atomic E-state index is -3.51. The van der Waals surface area contributed by atoms with Crippen molar-refractivity contribution in [2.75, 3.05) is 18.2 Å². The summed E-state index contributed by atoms with van der Waals surface area (Å²) in [5.41, 5.74) is -0.397. The summed E-state index contributed by atoms with van der Waals surface area (Å²) in [6, 6.07) is 4.85. The van der Waals surface area contributed by atoms with Gasteiger partial charge in [-0.25, -0.2) is 8.42 Å². The Balaban J connectivity index is 2.24. The van der Waals surface area contributed by atoms with Crippen molar-refractivity contribution in [3.05, 3.63) is 18.2 Å². The molecule has 5 nitrogen and oxygen atoms in total. The molecule has 0 bridgehead atoms. The molecule has 1 saturated carbocycles. The number of nitrogens with one attached hydrogen (secondary N) is 1. The molecular weight excluding hydrogens is 254 g/mol.